The van der Waals surface area contributed by atoms with Gasteiger partial charge in [0.1, 0.15) is 5.75 Å². The molecular weight excluding hydrogens is 510 g/mol. The molecule has 1 atom stereocenters. The third-order valence-electron chi connectivity index (χ3n) is 8.60. The summed E-state index contributed by atoms with van der Waals surface area (Å²) in [6, 6.07) is 48.4. The maximum absolute atomic E-state index is 7.34. The zero-order valence-electron chi connectivity index (χ0n) is 24.8. The molecule has 5 aromatic rings. The van der Waals surface area contributed by atoms with E-state index in [0.29, 0.717) is 0 Å². The van der Waals surface area contributed by atoms with Crippen molar-refractivity contribution in [2.75, 3.05) is 13.1 Å². The average molecular weight is 552 g/mol. The molecule has 1 aliphatic heterocycles. The van der Waals surface area contributed by atoms with Gasteiger partial charge in [0.15, 0.2) is 6.23 Å². The van der Waals surface area contributed by atoms with E-state index in [0.717, 1.165) is 25.3 Å². The minimum absolute atomic E-state index is 0.0344. The Labute approximate surface area is 251 Å². The molecule has 0 aromatic heterocycles. The van der Waals surface area contributed by atoms with Crippen molar-refractivity contribution in [2.24, 2.45) is 0 Å². The van der Waals surface area contributed by atoms with Gasteiger partial charge >= 0.3 is 0 Å². The number of aryl methyl sites for hydroxylation is 1. The van der Waals surface area contributed by atoms with Gasteiger partial charge in [0.2, 0.25) is 0 Å². The molecule has 2 nitrogen and oxygen atoms in total. The molecule has 0 N–H and O–H groups in total. The van der Waals surface area contributed by atoms with Crippen molar-refractivity contribution in [2.45, 2.75) is 51.2 Å². The fraction of sp³-hybridized carbons (Fsp3) is 0.250. The number of hydrogen-bond acceptors (Lipinski definition) is 2. The van der Waals surface area contributed by atoms with Crippen LogP contribution >= 0.6 is 0 Å². The van der Waals surface area contributed by atoms with Crippen LogP contribution in [0.1, 0.15) is 77.0 Å². The van der Waals surface area contributed by atoms with Crippen molar-refractivity contribution >= 4 is 0 Å². The van der Waals surface area contributed by atoms with Gasteiger partial charge in [-0.1, -0.05) is 146 Å². The Bertz CT molecular complexity index is 1360. The maximum atomic E-state index is 7.34. The number of benzene rings is 5. The summed E-state index contributed by atoms with van der Waals surface area (Å²) < 4.78 is 7.34. The first kappa shape index (κ1) is 28.0. The minimum Gasteiger partial charge on any atom is -0.474 e. The smallest absolute Gasteiger partial charge is 0.152 e. The predicted octanol–water partition coefficient (Wildman–Crippen LogP) is 9.57. The molecule has 1 unspecified atom stereocenters. The first-order valence-electron chi connectivity index (χ1n) is 15.5. The lowest BCUT2D eigenvalue weighted by Crippen LogP contribution is -2.37. The number of likely N-dealkylation sites (tertiary alicyclic amines) is 1. The third-order valence-corrected chi connectivity index (χ3v) is 8.60. The van der Waals surface area contributed by atoms with Crippen molar-refractivity contribution in [3.8, 4) is 5.75 Å². The summed E-state index contributed by atoms with van der Waals surface area (Å²) in [5, 5.41) is 0. The largest absolute Gasteiger partial charge is 0.474 e. The quantitative estimate of drug-likeness (QED) is 0.160. The normalized spacial score (nSPS) is 14.4. The van der Waals surface area contributed by atoms with Crippen molar-refractivity contribution in [1.82, 2.24) is 4.90 Å². The topological polar surface area (TPSA) is 12.5 Å². The lowest BCUT2D eigenvalue weighted by Gasteiger charge is -2.33. The molecule has 0 bridgehead atoms. The molecule has 0 amide bonds. The lowest BCUT2D eigenvalue weighted by atomic mass is 9.78. The average Bonchev–Trinajstić information content (AvgIpc) is 3.58. The molecule has 0 spiro atoms. The fourth-order valence-corrected chi connectivity index (χ4v) is 6.66. The first-order valence-corrected chi connectivity index (χ1v) is 15.5. The van der Waals surface area contributed by atoms with Crippen molar-refractivity contribution in [1.29, 1.82) is 0 Å². The lowest BCUT2D eigenvalue weighted by molar-refractivity contribution is 0.0385. The second-order valence-electron chi connectivity index (χ2n) is 11.5. The molecule has 5 aromatic carbocycles. The second-order valence-corrected chi connectivity index (χ2v) is 11.5. The Hall–Kier alpha value is -4.14. The Morgan fingerprint density at radius 2 is 0.929 bits per heavy atom. The van der Waals surface area contributed by atoms with Crippen LogP contribution in [-0.4, -0.2) is 24.2 Å². The monoisotopic (exact) mass is 551 g/mol. The molecular formula is C40H41NO. The fourth-order valence-electron chi connectivity index (χ4n) is 6.66. The Morgan fingerprint density at radius 1 is 0.571 bits per heavy atom. The highest BCUT2D eigenvalue weighted by molar-refractivity contribution is 5.58. The molecule has 2 heteroatoms. The zero-order valence-corrected chi connectivity index (χ0v) is 24.8. The van der Waals surface area contributed by atoms with Crippen molar-refractivity contribution < 1.29 is 4.74 Å². The van der Waals surface area contributed by atoms with Crippen LogP contribution in [-0.2, 0) is 0 Å². The van der Waals surface area contributed by atoms with Gasteiger partial charge in [0.25, 0.3) is 0 Å². The van der Waals surface area contributed by atoms with Gasteiger partial charge in [-0.15, -0.1) is 0 Å². The molecule has 1 heterocycles. The van der Waals surface area contributed by atoms with E-state index in [1.54, 1.807) is 0 Å². The van der Waals surface area contributed by atoms with Crippen LogP contribution in [0.15, 0.2) is 133 Å². The summed E-state index contributed by atoms with van der Waals surface area (Å²) in [5.41, 5.74) is 8.81. The second kappa shape index (κ2) is 13.2. The summed E-state index contributed by atoms with van der Waals surface area (Å²) in [7, 11) is 0. The van der Waals surface area contributed by atoms with E-state index in [4.69, 9.17) is 4.74 Å². The van der Waals surface area contributed by atoms with Gasteiger partial charge in [0, 0.05) is 36.1 Å². The van der Waals surface area contributed by atoms with Gasteiger partial charge < -0.3 is 4.74 Å². The molecule has 1 fully saturated rings. The maximum Gasteiger partial charge on any atom is 0.152 e. The molecule has 6 rings (SSSR count). The summed E-state index contributed by atoms with van der Waals surface area (Å²) in [4.78, 5) is 2.54. The number of nitrogens with zero attached hydrogens (tertiary/aromatic N) is 1. The Morgan fingerprint density at radius 3 is 1.26 bits per heavy atom. The van der Waals surface area contributed by atoms with Gasteiger partial charge in [-0.2, -0.15) is 0 Å². The third kappa shape index (κ3) is 6.05. The number of rotatable bonds is 10. The predicted molar refractivity (Wildman–Crippen MR) is 174 cm³/mol. The van der Waals surface area contributed by atoms with Crippen LogP contribution in [0, 0.1) is 6.92 Å². The molecule has 0 radical (unpaired) electrons. The van der Waals surface area contributed by atoms with Crippen LogP contribution in [0.2, 0.25) is 0 Å². The van der Waals surface area contributed by atoms with Crippen molar-refractivity contribution in [3.05, 3.63) is 172 Å². The zero-order chi connectivity index (χ0) is 28.7. The summed E-state index contributed by atoms with van der Waals surface area (Å²) in [5.74, 6) is 1.11. The molecule has 0 aliphatic carbocycles. The summed E-state index contributed by atoms with van der Waals surface area (Å²) in [6.07, 6.45) is 3.45. The SMILES string of the molecule is CCC(Oc1c(C(c2ccccc2)c2ccccc2)cc(C)cc1C(c1ccccc1)c1ccccc1)N1CCCC1. The van der Waals surface area contributed by atoms with E-state index < -0.39 is 0 Å². The first-order chi connectivity index (χ1) is 20.7. The van der Waals surface area contributed by atoms with Crippen LogP contribution in [0.25, 0.3) is 0 Å². The van der Waals surface area contributed by atoms with Crippen LogP contribution in [0.5, 0.6) is 5.75 Å². The minimum atomic E-state index is 0.0344. The van der Waals surface area contributed by atoms with E-state index in [-0.39, 0.29) is 18.1 Å². The van der Waals surface area contributed by atoms with E-state index in [1.165, 1.54) is 51.8 Å². The molecule has 0 saturated carbocycles. The molecule has 1 saturated heterocycles. The molecule has 1 aliphatic rings. The standard InChI is InChI=1S/C40H41NO/c1-3-37(41-26-16-17-27-41)42-40-35(38(31-18-8-4-9-19-31)32-20-10-5-11-21-32)28-30(2)29-36(40)39(33-22-12-6-13-23-33)34-24-14-7-15-25-34/h4-15,18-25,28-29,37-39H,3,16-17,26-27H2,1-2H3. The van der Waals surface area contributed by atoms with Crippen LogP contribution in [0.4, 0.5) is 0 Å². The highest BCUT2D eigenvalue weighted by Crippen LogP contribution is 2.46. The summed E-state index contributed by atoms with van der Waals surface area (Å²) in [6.45, 7) is 6.68. The van der Waals surface area contributed by atoms with Gasteiger partial charge in [-0.25, -0.2) is 0 Å². The Kier molecular flexibility index (Phi) is 8.82. The number of hydrogen-bond donors (Lipinski definition) is 0. The highest BCUT2D eigenvalue weighted by atomic mass is 16.5. The van der Waals surface area contributed by atoms with E-state index in [9.17, 15) is 0 Å². The van der Waals surface area contributed by atoms with E-state index >= 15 is 0 Å². The van der Waals surface area contributed by atoms with Crippen molar-refractivity contribution in [3.63, 3.8) is 0 Å². The van der Waals surface area contributed by atoms with E-state index in [2.05, 4.69) is 152 Å². The Balaban J connectivity index is 1.62. The number of ether oxygens (including phenoxy) is 1. The van der Waals surface area contributed by atoms with Gasteiger partial charge in [0.05, 0.1) is 0 Å². The molecule has 212 valence electrons. The highest BCUT2D eigenvalue weighted by Gasteiger charge is 2.31. The van der Waals surface area contributed by atoms with Gasteiger partial charge in [-0.05, 0) is 48.4 Å². The summed E-state index contributed by atoms with van der Waals surface area (Å²) >= 11 is 0. The van der Waals surface area contributed by atoms with Crippen LogP contribution in [0.3, 0.4) is 0 Å². The van der Waals surface area contributed by atoms with E-state index in [1.807, 2.05) is 0 Å². The molecule has 42 heavy (non-hydrogen) atoms. The van der Waals surface area contributed by atoms with Crippen LogP contribution < -0.4 is 4.74 Å². The van der Waals surface area contributed by atoms with Gasteiger partial charge in [-0.3, -0.25) is 4.90 Å².